The fraction of sp³-hybridized carbons (Fsp3) is 0.118. The van der Waals surface area contributed by atoms with Crippen LogP contribution in [0, 0.1) is 0 Å². The molecular formula is C17H16N6O2. The van der Waals surface area contributed by atoms with Crippen molar-refractivity contribution in [3.8, 4) is 16.9 Å². The molecule has 25 heavy (non-hydrogen) atoms. The van der Waals surface area contributed by atoms with Gasteiger partial charge in [-0.25, -0.2) is 5.43 Å². The summed E-state index contributed by atoms with van der Waals surface area (Å²) in [7, 11) is 1.62. The van der Waals surface area contributed by atoms with Crippen molar-refractivity contribution < 1.29 is 9.53 Å². The van der Waals surface area contributed by atoms with Crippen LogP contribution in [-0.4, -0.2) is 23.2 Å². The van der Waals surface area contributed by atoms with Gasteiger partial charge in [0.1, 0.15) is 11.3 Å². The van der Waals surface area contributed by atoms with Crippen molar-refractivity contribution in [3.05, 3.63) is 41.6 Å². The van der Waals surface area contributed by atoms with Crippen molar-refractivity contribution in [2.24, 2.45) is 5.73 Å². The Morgan fingerprint density at radius 1 is 1.24 bits per heavy atom. The number of fused-ring (bicyclic) bond motifs is 2. The lowest BCUT2D eigenvalue weighted by atomic mass is 9.98. The minimum Gasteiger partial charge on any atom is -0.496 e. The number of nitrogens with two attached hydrogens (primary N) is 2. The van der Waals surface area contributed by atoms with E-state index < -0.39 is 5.91 Å². The van der Waals surface area contributed by atoms with Gasteiger partial charge in [-0.1, -0.05) is 18.2 Å². The maximum Gasteiger partial charge on any atom is 0.271 e. The number of amides is 1. The first-order chi connectivity index (χ1) is 12.1. The second-order valence-electron chi connectivity index (χ2n) is 5.72. The molecule has 0 radical (unpaired) electrons. The fourth-order valence-corrected chi connectivity index (χ4v) is 3.05. The summed E-state index contributed by atoms with van der Waals surface area (Å²) in [5.41, 5.74) is 22.1. The van der Waals surface area contributed by atoms with Gasteiger partial charge in [-0.15, -0.1) is 10.2 Å². The predicted molar refractivity (Wildman–Crippen MR) is 94.9 cm³/mol. The van der Waals surface area contributed by atoms with Gasteiger partial charge in [-0.05, 0) is 17.7 Å². The SMILES string of the molecule is COc1cc2c(cc1-c1cccc3c(N)c(C(N)=O)nnc13)NNC2. The Morgan fingerprint density at radius 2 is 2.08 bits per heavy atom. The highest BCUT2D eigenvalue weighted by molar-refractivity contribution is 6.07. The summed E-state index contributed by atoms with van der Waals surface area (Å²) >= 11 is 0. The molecule has 126 valence electrons. The molecule has 0 saturated carbocycles. The zero-order valence-corrected chi connectivity index (χ0v) is 13.5. The monoisotopic (exact) mass is 336 g/mol. The Balaban J connectivity index is 1.99. The van der Waals surface area contributed by atoms with Crippen molar-refractivity contribution in [2.45, 2.75) is 6.54 Å². The summed E-state index contributed by atoms with van der Waals surface area (Å²) in [5.74, 6) is 0.0128. The molecule has 1 aliphatic heterocycles. The van der Waals surface area contributed by atoms with Crippen LogP contribution in [0.1, 0.15) is 16.1 Å². The van der Waals surface area contributed by atoms with E-state index in [1.165, 1.54) is 0 Å². The first-order valence-electron chi connectivity index (χ1n) is 7.65. The maximum atomic E-state index is 11.5. The van der Waals surface area contributed by atoms with E-state index in [1.807, 2.05) is 24.3 Å². The average molecular weight is 336 g/mol. The zero-order chi connectivity index (χ0) is 17.6. The zero-order valence-electron chi connectivity index (χ0n) is 13.5. The largest absolute Gasteiger partial charge is 0.496 e. The number of hydrazine groups is 1. The van der Waals surface area contributed by atoms with E-state index in [9.17, 15) is 4.79 Å². The number of aromatic nitrogens is 2. The smallest absolute Gasteiger partial charge is 0.271 e. The van der Waals surface area contributed by atoms with Crippen LogP contribution in [-0.2, 0) is 6.54 Å². The van der Waals surface area contributed by atoms with Crippen LogP contribution in [0.5, 0.6) is 5.75 Å². The number of hydrogen-bond acceptors (Lipinski definition) is 7. The van der Waals surface area contributed by atoms with E-state index in [0.29, 0.717) is 10.9 Å². The number of methoxy groups -OCH3 is 1. The van der Waals surface area contributed by atoms with Crippen molar-refractivity contribution >= 4 is 28.2 Å². The Labute approximate surface area is 143 Å². The molecule has 8 nitrogen and oxygen atoms in total. The van der Waals surface area contributed by atoms with Crippen molar-refractivity contribution in [1.82, 2.24) is 15.6 Å². The van der Waals surface area contributed by atoms with Gasteiger partial charge in [0.05, 0.1) is 18.5 Å². The molecule has 8 heteroatoms. The van der Waals surface area contributed by atoms with Crippen LogP contribution in [0.4, 0.5) is 11.4 Å². The van der Waals surface area contributed by atoms with E-state index in [4.69, 9.17) is 16.2 Å². The van der Waals surface area contributed by atoms with E-state index >= 15 is 0 Å². The number of carbonyl (C=O) groups excluding carboxylic acids is 1. The van der Waals surface area contributed by atoms with Crippen LogP contribution in [0.3, 0.4) is 0 Å². The molecule has 0 saturated heterocycles. The lowest BCUT2D eigenvalue weighted by molar-refractivity contribution is 0.0996. The number of rotatable bonds is 3. The maximum absolute atomic E-state index is 11.5. The molecule has 1 amide bonds. The standard InChI is InChI=1S/C17H16N6O2/c1-25-13-5-8-7-20-21-12(8)6-11(13)9-3-2-4-10-14(18)16(17(19)24)23-22-15(9)10/h2-6,20-21H,7H2,1H3,(H2,18,22)(H2,19,24). The van der Waals surface area contributed by atoms with Crippen LogP contribution < -0.4 is 27.1 Å². The van der Waals surface area contributed by atoms with Gasteiger partial charge in [-0.3, -0.25) is 4.79 Å². The van der Waals surface area contributed by atoms with Crippen LogP contribution in [0.2, 0.25) is 0 Å². The summed E-state index contributed by atoms with van der Waals surface area (Å²) in [6.07, 6.45) is 0. The molecule has 0 aliphatic carbocycles. The number of hydrogen-bond donors (Lipinski definition) is 4. The lowest BCUT2D eigenvalue weighted by Crippen LogP contribution is -2.16. The van der Waals surface area contributed by atoms with Crippen LogP contribution >= 0.6 is 0 Å². The highest BCUT2D eigenvalue weighted by Crippen LogP contribution is 2.39. The Morgan fingerprint density at radius 3 is 2.84 bits per heavy atom. The molecule has 6 N–H and O–H groups in total. The molecule has 3 aromatic rings. The van der Waals surface area contributed by atoms with Crippen LogP contribution in [0.15, 0.2) is 30.3 Å². The lowest BCUT2D eigenvalue weighted by Gasteiger charge is -2.13. The third-order valence-electron chi connectivity index (χ3n) is 4.28. The summed E-state index contributed by atoms with van der Waals surface area (Å²) in [6.45, 7) is 0.718. The van der Waals surface area contributed by atoms with E-state index in [1.54, 1.807) is 13.2 Å². The third-order valence-corrected chi connectivity index (χ3v) is 4.28. The number of primary amides is 1. The Bertz CT molecular complexity index is 1020. The van der Waals surface area contributed by atoms with E-state index in [-0.39, 0.29) is 11.4 Å². The second kappa shape index (κ2) is 5.60. The highest BCUT2D eigenvalue weighted by Gasteiger charge is 2.19. The van der Waals surface area contributed by atoms with Crippen molar-refractivity contribution in [1.29, 1.82) is 0 Å². The number of anilines is 2. The third kappa shape index (κ3) is 2.31. The van der Waals surface area contributed by atoms with Gasteiger partial charge in [0.15, 0.2) is 5.69 Å². The first-order valence-corrected chi connectivity index (χ1v) is 7.65. The molecule has 2 aromatic carbocycles. The fourth-order valence-electron chi connectivity index (χ4n) is 3.05. The Hall–Kier alpha value is -3.39. The molecule has 0 bridgehead atoms. The van der Waals surface area contributed by atoms with Gasteiger partial charge in [0, 0.05) is 23.1 Å². The van der Waals surface area contributed by atoms with Crippen LogP contribution in [0.25, 0.3) is 22.0 Å². The number of ether oxygens (including phenoxy) is 1. The summed E-state index contributed by atoms with van der Waals surface area (Å²) in [4.78, 5) is 11.5. The number of benzene rings is 2. The normalized spacial score (nSPS) is 12.7. The Kier molecular flexibility index (Phi) is 3.40. The van der Waals surface area contributed by atoms with Gasteiger partial charge in [-0.2, -0.15) is 0 Å². The molecule has 4 rings (SSSR count). The van der Waals surface area contributed by atoms with Gasteiger partial charge in [0.25, 0.3) is 5.91 Å². The minimum atomic E-state index is -0.706. The number of carbonyl (C=O) groups is 1. The molecule has 1 aliphatic rings. The topological polar surface area (TPSA) is 128 Å². The summed E-state index contributed by atoms with van der Waals surface area (Å²) in [6, 6.07) is 9.51. The predicted octanol–water partition coefficient (Wildman–Crippen LogP) is 1.42. The summed E-state index contributed by atoms with van der Waals surface area (Å²) < 4.78 is 5.56. The molecule has 0 atom stereocenters. The second-order valence-corrected chi connectivity index (χ2v) is 5.72. The highest BCUT2D eigenvalue weighted by atomic mass is 16.5. The quantitative estimate of drug-likeness (QED) is 0.569. The number of nitrogen functional groups attached to an aromatic ring is 1. The molecular weight excluding hydrogens is 320 g/mol. The minimum absolute atomic E-state index is 0.0311. The molecule has 0 unspecified atom stereocenters. The van der Waals surface area contributed by atoms with Crippen molar-refractivity contribution in [2.75, 3.05) is 18.3 Å². The molecule has 0 spiro atoms. The molecule has 2 heterocycles. The molecule has 1 aromatic heterocycles. The van der Waals surface area contributed by atoms with E-state index in [2.05, 4.69) is 21.0 Å². The van der Waals surface area contributed by atoms with Gasteiger partial charge < -0.3 is 21.6 Å². The number of nitrogens with zero attached hydrogens (tertiary/aromatic N) is 2. The first kappa shape index (κ1) is 15.2. The van der Waals surface area contributed by atoms with E-state index in [0.717, 1.165) is 34.7 Å². The van der Waals surface area contributed by atoms with Crippen molar-refractivity contribution in [3.63, 3.8) is 0 Å². The van der Waals surface area contributed by atoms with Gasteiger partial charge in [0.2, 0.25) is 0 Å². The summed E-state index contributed by atoms with van der Waals surface area (Å²) in [5, 5.41) is 8.71. The number of nitrogens with one attached hydrogen (secondary N) is 2. The van der Waals surface area contributed by atoms with Gasteiger partial charge >= 0.3 is 0 Å². The molecule has 0 fully saturated rings. The average Bonchev–Trinajstić information content (AvgIpc) is 3.07.